The molecule has 0 spiro atoms. The van der Waals surface area contributed by atoms with Gasteiger partial charge in [0, 0.05) is 13.2 Å². The van der Waals surface area contributed by atoms with Crippen LogP contribution in [0.3, 0.4) is 0 Å². The largest absolute Gasteiger partial charge is 0.396 e. The predicted molar refractivity (Wildman–Crippen MR) is 141 cm³/mol. The van der Waals surface area contributed by atoms with Crippen molar-refractivity contribution in [2.45, 2.75) is 12.8 Å². The maximum Gasteiger partial charge on any atom is 0.0471 e. The first-order valence-corrected chi connectivity index (χ1v) is 11.8. The van der Waals surface area contributed by atoms with Crippen molar-refractivity contribution in [2.24, 2.45) is 0 Å². The van der Waals surface area contributed by atoms with E-state index < -0.39 is 0 Å². The molecule has 1 aliphatic rings. The minimum atomic E-state index is 0.154. The third-order valence-electron chi connectivity index (χ3n) is 6.41. The van der Waals surface area contributed by atoms with Gasteiger partial charge in [-0.05, 0) is 68.5 Å². The van der Waals surface area contributed by atoms with Crippen molar-refractivity contribution < 1.29 is 10.2 Å². The minimum absolute atomic E-state index is 0.154. The molecule has 0 unspecified atom stereocenters. The monoisotopic (exact) mass is 444 g/mol. The average molecular weight is 445 g/mol. The first-order valence-electron chi connectivity index (χ1n) is 11.8. The SMILES string of the molecule is OCCc1ccc(C2=C(c3ccc(CCO)cc3)C(c3ccccc3)=C2c2ccccc2)cc1. The Labute approximate surface area is 201 Å². The van der Waals surface area contributed by atoms with Crippen LogP contribution in [0.2, 0.25) is 0 Å². The van der Waals surface area contributed by atoms with Crippen LogP contribution in [0.5, 0.6) is 0 Å². The van der Waals surface area contributed by atoms with Gasteiger partial charge in [-0.25, -0.2) is 0 Å². The van der Waals surface area contributed by atoms with Gasteiger partial charge in [0.05, 0.1) is 0 Å². The molecule has 0 heterocycles. The first kappa shape index (κ1) is 22.1. The molecule has 0 bridgehead atoms. The molecule has 2 N–H and O–H groups in total. The normalized spacial score (nSPS) is 13.2. The van der Waals surface area contributed by atoms with E-state index in [-0.39, 0.29) is 13.2 Å². The molecule has 0 radical (unpaired) electrons. The van der Waals surface area contributed by atoms with Crippen LogP contribution < -0.4 is 0 Å². The van der Waals surface area contributed by atoms with E-state index in [9.17, 15) is 10.2 Å². The lowest BCUT2D eigenvalue weighted by Crippen LogP contribution is -2.10. The molecule has 0 atom stereocenters. The summed E-state index contributed by atoms with van der Waals surface area (Å²) in [6, 6.07) is 38.3. The van der Waals surface area contributed by atoms with Crippen LogP contribution in [0.15, 0.2) is 109 Å². The summed E-state index contributed by atoms with van der Waals surface area (Å²) in [5.74, 6) is 0. The van der Waals surface area contributed by atoms with Gasteiger partial charge in [-0.2, -0.15) is 0 Å². The fraction of sp³-hybridized carbons (Fsp3) is 0.125. The van der Waals surface area contributed by atoms with Gasteiger partial charge < -0.3 is 10.2 Å². The summed E-state index contributed by atoms with van der Waals surface area (Å²) >= 11 is 0. The highest BCUT2D eigenvalue weighted by molar-refractivity contribution is 6.43. The lowest BCUT2D eigenvalue weighted by atomic mass is 9.69. The van der Waals surface area contributed by atoms with Crippen LogP contribution >= 0.6 is 0 Å². The quantitative estimate of drug-likeness (QED) is 0.335. The zero-order valence-electron chi connectivity index (χ0n) is 19.1. The molecular weight excluding hydrogens is 416 g/mol. The molecule has 1 aliphatic carbocycles. The Morgan fingerprint density at radius 2 is 0.647 bits per heavy atom. The number of hydrogen-bond donors (Lipinski definition) is 2. The molecule has 0 aliphatic heterocycles. The Morgan fingerprint density at radius 3 is 0.941 bits per heavy atom. The summed E-state index contributed by atoms with van der Waals surface area (Å²) in [5, 5.41) is 18.7. The van der Waals surface area contributed by atoms with Crippen LogP contribution in [0, 0.1) is 0 Å². The van der Waals surface area contributed by atoms with E-state index in [1.165, 1.54) is 44.5 Å². The van der Waals surface area contributed by atoms with Crippen LogP contribution in [-0.2, 0) is 12.8 Å². The topological polar surface area (TPSA) is 40.5 Å². The Morgan fingerprint density at radius 1 is 0.353 bits per heavy atom. The second-order valence-corrected chi connectivity index (χ2v) is 8.57. The summed E-state index contributed by atoms with van der Waals surface area (Å²) in [5.41, 5.74) is 12.0. The standard InChI is InChI=1S/C32H28O2/c33-21-19-23-11-15-27(16-12-23)31-29(25-7-3-1-4-8-25)30(26-9-5-2-6-10-26)32(31)28-17-13-24(14-18-28)20-22-34/h1-18,33-34H,19-22H2. The van der Waals surface area contributed by atoms with Gasteiger partial charge in [-0.3, -0.25) is 0 Å². The zero-order chi connectivity index (χ0) is 23.3. The van der Waals surface area contributed by atoms with E-state index in [0.29, 0.717) is 12.8 Å². The van der Waals surface area contributed by atoms with Crippen LogP contribution in [-0.4, -0.2) is 23.4 Å². The molecule has 0 aromatic heterocycles. The molecule has 0 saturated carbocycles. The third kappa shape index (κ3) is 4.26. The highest BCUT2D eigenvalue weighted by atomic mass is 16.3. The van der Waals surface area contributed by atoms with Crippen molar-refractivity contribution in [3.8, 4) is 0 Å². The summed E-state index contributed by atoms with van der Waals surface area (Å²) < 4.78 is 0. The van der Waals surface area contributed by atoms with Gasteiger partial charge in [0.2, 0.25) is 0 Å². The van der Waals surface area contributed by atoms with E-state index in [0.717, 1.165) is 11.1 Å². The number of hydrogen-bond acceptors (Lipinski definition) is 2. The second-order valence-electron chi connectivity index (χ2n) is 8.57. The van der Waals surface area contributed by atoms with E-state index in [1.807, 2.05) is 0 Å². The molecule has 0 amide bonds. The minimum Gasteiger partial charge on any atom is -0.396 e. The Hall–Kier alpha value is -3.72. The highest BCUT2D eigenvalue weighted by Gasteiger charge is 2.32. The van der Waals surface area contributed by atoms with E-state index in [1.54, 1.807) is 0 Å². The van der Waals surface area contributed by atoms with Crippen molar-refractivity contribution in [3.63, 3.8) is 0 Å². The number of aliphatic hydroxyl groups is 2. The maximum absolute atomic E-state index is 9.33. The number of rotatable bonds is 8. The molecule has 0 fully saturated rings. The highest BCUT2D eigenvalue weighted by Crippen LogP contribution is 2.56. The average Bonchev–Trinajstić information content (AvgIpc) is 2.87. The maximum atomic E-state index is 9.33. The van der Waals surface area contributed by atoms with Crippen LogP contribution in [0.4, 0.5) is 0 Å². The van der Waals surface area contributed by atoms with E-state index in [2.05, 4.69) is 109 Å². The lowest BCUT2D eigenvalue weighted by molar-refractivity contribution is 0.299. The Balaban J connectivity index is 1.70. The molecule has 34 heavy (non-hydrogen) atoms. The molecular formula is C32H28O2. The van der Waals surface area contributed by atoms with Crippen LogP contribution in [0.25, 0.3) is 22.3 Å². The second kappa shape index (κ2) is 10.0. The number of benzene rings is 4. The fourth-order valence-electron chi connectivity index (χ4n) is 4.74. The molecule has 2 heteroatoms. The van der Waals surface area contributed by atoms with Crippen molar-refractivity contribution in [3.05, 3.63) is 143 Å². The Kier molecular flexibility index (Phi) is 6.53. The summed E-state index contributed by atoms with van der Waals surface area (Å²) in [6.45, 7) is 0.307. The van der Waals surface area contributed by atoms with E-state index in [4.69, 9.17) is 0 Å². The lowest BCUT2D eigenvalue weighted by Gasteiger charge is -2.33. The van der Waals surface area contributed by atoms with Gasteiger partial charge in [0.25, 0.3) is 0 Å². The van der Waals surface area contributed by atoms with Crippen molar-refractivity contribution in [2.75, 3.05) is 13.2 Å². The Bertz CT molecular complexity index is 1210. The van der Waals surface area contributed by atoms with Gasteiger partial charge >= 0.3 is 0 Å². The van der Waals surface area contributed by atoms with E-state index >= 15 is 0 Å². The third-order valence-corrected chi connectivity index (χ3v) is 6.41. The summed E-state index contributed by atoms with van der Waals surface area (Å²) in [4.78, 5) is 0. The van der Waals surface area contributed by atoms with Crippen molar-refractivity contribution in [1.82, 2.24) is 0 Å². The molecule has 5 rings (SSSR count). The molecule has 2 nitrogen and oxygen atoms in total. The predicted octanol–water partition coefficient (Wildman–Crippen LogP) is 6.29. The van der Waals surface area contributed by atoms with Gasteiger partial charge in [-0.1, -0.05) is 109 Å². The first-order chi connectivity index (χ1) is 16.8. The van der Waals surface area contributed by atoms with Crippen LogP contribution in [0.1, 0.15) is 33.4 Å². The zero-order valence-corrected chi connectivity index (χ0v) is 19.1. The molecule has 0 saturated heterocycles. The molecule has 4 aromatic carbocycles. The van der Waals surface area contributed by atoms with Crippen molar-refractivity contribution in [1.29, 1.82) is 0 Å². The van der Waals surface area contributed by atoms with Gasteiger partial charge in [0.15, 0.2) is 0 Å². The number of allylic oxidation sites excluding steroid dienone is 4. The van der Waals surface area contributed by atoms with Crippen molar-refractivity contribution >= 4 is 22.3 Å². The van der Waals surface area contributed by atoms with Gasteiger partial charge in [0.1, 0.15) is 0 Å². The van der Waals surface area contributed by atoms with Gasteiger partial charge in [-0.15, -0.1) is 0 Å². The number of aliphatic hydroxyl groups excluding tert-OH is 2. The summed E-state index contributed by atoms with van der Waals surface area (Å²) in [6.07, 6.45) is 1.32. The smallest absolute Gasteiger partial charge is 0.0471 e. The molecule has 4 aromatic rings. The molecule has 168 valence electrons. The summed E-state index contributed by atoms with van der Waals surface area (Å²) in [7, 11) is 0. The fourth-order valence-corrected chi connectivity index (χ4v) is 4.74.